The summed E-state index contributed by atoms with van der Waals surface area (Å²) < 4.78 is 10.8. The second kappa shape index (κ2) is 2.85. The smallest absolute Gasteiger partial charge is 0.0759 e. The van der Waals surface area contributed by atoms with Crippen molar-refractivity contribution in [2.24, 2.45) is 0 Å². The molecule has 0 aliphatic carbocycles. The highest BCUT2D eigenvalue weighted by Gasteiger charge is 1.86. The number of thiol groups is 1. The van der Waals surface area contributed by atoms with Gasteiger partial charge in [0.25, 0.3) is 0 Å². The average Bonchev–Trinajstić information content (AvgIpc) is 1.38. The van der Waals surface area contributed by atoms with Crippen LogP contribution in [0.4, 0.5) is 3.89 Å². The average molecular weight is 112 g/mol. The molecule has 3 heteroatoms. The first-order valence-corrected chi connectivity index (χ1v) is 2.52. The van der Waals surface area contributed by atoms with Crippen LogP contribution in [0.25, 0.3) is 0 Å². The third kappa shape index (κ3) is 4.63. The summed E-state index contributed by atoms with van der Waals surface area (Å²) in [6.45, 7) is 1.67. The lowest BCUT2D eigenvalue weighted by molar-refractivity contribution is 0.932. The number of hydrogen-bond acceptors (Lipinski definition) is 2. The molecule has 5 heavy (non-hydrogen) atoms. The van der Waals surface area contributed by atoms with Gasteiger partial charge in [-0.15, -0.1) is 0 Å². The standard InChI is InChI=1S/C2H5FS2/c1-2(4)5-3/h2,4H,1H3. The van der Waals surface area contributed by atoms with Crippen molar-refractivity contribution in [2.45, 2.75) is 11.5 Å². The maximum absolute atomic E-state index is 11.0. The largest absolute Gasteiger partial charge is 0.164 e. The minimum absolute atomic E-state index is 0.171. The Balaban J connectivity index is 2.54. The summed E-state index contributed by atoms with van der Waals surface area (Å²) in [5.41, 5.74) is 0. The van der Waals surface area contributed by atoms with Gasteiger partial charge >= 0.3 is 0 Å². The third-order valence-corrected chi connectivity index (χ3v) is 0.626. The molecule has 0 heterocycles. The Morgan fingerprint density at radius 3 is 2.20 bits per heavy atom. The molecule has 32 valence electrons. The third-order valence-electron chi connectivity index (χ3n) is 0.129. The van der Waals surface area contributed by atoms with Gasteiger partial charge in [-0.2, -0.15) is 16.5 Å². The summed E-state index contributed by atoms with van der Waals surface area (Å²) in [6.07, 6.45) is 0. The van der Waals surface area contributed by atoms with Crippen LogP contribution in [0.1, 0.15) is 6.92 Å². The number of hydrogen-bond donors (Lipinski definition) is 1. The lowest BCUT2D eigenvalue weighted by atomic mass is 11.0. The van der Waals surface area contributed by atoms with Crippen molar-refractivity contribution < 1.29 is 3.89 Å². The van der Waals surface area contributed by atoms with Gasteiger partial charge in [0.05, 0.1) is 16.7 Å². The van der Waals surface area contributed by atoms with Gasteiger partial charge < -0.3 is 0 Å². The van der Waals surface area contributed by atoms with Gasteiger partial charge in [0, 0.05) is 0 Å². The van der Waals surface area contributed by atoms with E-state index >= 15 is 0 Å². The van der Waals surface area contributed by atoms with E-state index in [-0.39, 0.29) is 16.7 Å². The van der Waals surface area contributed by atoms with Gasteiger partial charge in [-0.25, -0.2) is 0 Å². The summed E-state index contributed by atoms with van der Waals surface area (Å²) >= 11 is 3.93. The van der Waals surface area contributed by atoms with Crippen molar-refractivity contribution in [1.82, 2.24) is 0 Å². The van der Waals surface area contributed by atoms with E-state index in [0.717, 1.165) is 0 Å². The zero-order valence-corrected chi connectivity index (χ0v) is 4.52. The van der Waals surface area contributed by atoms with E-state index in [1.807, 2.05) is 0 Å². The molecule has 1 atom stereocenters. The lowest BCUT2D eigenvalue weighted by Gasteiger charge is -1.84. The van der Waals surface area contributed by atoms with Crippen molar-refractivity contribution in [3.63, 3.8) is 0 Å². The molecule has 0 radical (unpaired) electrons. The molecule has 0 aliphatic rings. The van der Waals surface area contributed by atoms with E-state index in [4.69, 9.17) is 0 Å². The van der Waals surface area contributed by atoms with Crippen molar-refractivity contribution in [3.05, 3.63) is 0 Å². The molecule has 0 saturated heterocycles. The molecule has 0 fully saturated rings. The first kappa shape index (κ1) is 5.63. The second-order valence-corrected chi connectivity index (χ2v) is 2.70. The Morgan fingerprint density at radius 1 is 2.00 bits per heavy atom. The summed E-state index contributed by atoms with van der Waals surface area (Å²) in [7, 11) is 0. The first-order valence-electron chi connectivity index (χ1n) is 1.23. The fourth-order valence-corrected chi connectivity index (χ4v) is 0. The molecule has 0 rings (SSSR count). The molecule has 0 N–H and O–H groups in total. The van der Waals surface area contributed by atoms with Gasteiger partial charge in [0.1, 0.15) is 0 Å². The van der Waals surface area contributed by atoms with Crippen LogP contribution in [0, 0.1) is 0 Å². The van der Waals surface area contributed by atoms with E-state index in [9.17, 15) is 3.89 Å². The van der Waals surface area contributed by atoms with E-state index in [2.05, 4.69) is 12.6 Å². The van der Waals surface area contributed by atoms with Gasteiger partial charge in [-0.3, -0.25) is 0 Å². The molecular formula is C2H5FS2. The molecule has 0 aromatic heterocycles. The van der Waals surface area contributed by atoms with Crippen LogP contribution in [-0.4, -0.2) is 4.58 Å². The van der Waals surface area contributed by atoms with Gasteiger partial charge in [-0.05, 0) is 6.92 Å². The Morgan fingerprint density at radius 2 is 2.20 bits per heavy atom. The Labute approximate surface area is 40.8 Å². The zero-order valence-electron chi connectivity index (χ0n) is 2.81. The molecule has 0 aliphatic heterocycles. The lowest BCUT2D eigenvalue weighted by Crippen LogP contribution is -1.70. The van der Waals surface area contributed by atoms with E-state index in [0.29, 0.717) is 0 Å². The SMILES string of the molecule is CC(S)SF. The first-order chi connectivity index (χ1) is 2.27. The molecule has 0 bridgehead atoms. The number of rotatable bonds is 1. The van der Waals surface area contributed by atoms with Crippen LogP contribution in [0.3, 0.4) is 0 Å². The van der Waals surface area contributed by atoms with Crippen LogP contribution < -0.4 is 0 Å². The normalized spacial score (nSPS) is 15.0. The zero-order chi connectivity index (χ0) is 4.28. The predicted octanol–water partition coefficient (Wildman–Crippen LogP) is 1.88. The molecule has 0 aromatic carbocycles. The molecule has 0 amide bonds. The molecular weight excluding hydrogens is 107 g/mol. The van der Waals surface area contributed by atoms with Crippen LogP contribution in [0.5, 0.6) is 0 Å². The Kier molecular flexibility index (Phi) is 3.20. The molecule has 0 aromatic rings. The molecule has 0 saturated carbocycles. The van der Waals surface area contributed by atoms with Gasteiger partial charge in [0.2, 0.25) is 0 Å². The maximum Gasteiger partial charge on any atom is 0.0759 e. The van der Waals surface area contributed by atoms with E-state index < -0.39 is 0 Å². The topological polar surface area (TPSA) is 0 Å². The highest BCUT2D eigenvalue weighted by molar-refractivity contribution is 8.07. The minimum Gasteiger partial charge on any atom is -0.164 e. The minimum atomic E-state index is -0.171. The van der Waals surface area contributed by atoms with Gasteiger partial charge in [-0.1, -0.05) is 0 Å². The van der Waals surface area contributed by atoms with E-state index in [1.54, 1.807) is 6.92 Å². The van der Waals surface area contributed by atoms with Crippen LogP contribution in [-0.2, 0) is 0 Å². The number of halogens is 1. The Bertz CT molecular complexity index is 21.6. The summed E-state index contributed by atoms with van der Waals surface area (Å²) in [6, 6.07) is 0. The fraction of sp³-hybridized carbons (Fsp3) is 1.00. The molecule has 0 nitrogen and oxygen atoms in total. The van der Waals surface area contributed by atoms with Crippen LogP contribution in [0.2, 0.25) is 0 Å². The van der Waals surface area contributed by atoms with Crippen LogP contribution >= 0.6 is 24.8 Å². The maximum atomic E-state index is 11.0. The second-order valence-electron chi connectivity index (χ2n) is 0.688. The van der Waals surface area contributed by atoms with Crippen LogP contribution in [0.15, 0.2) is 0 Å². The summed E-state index contributed by atoms with van der Waals surface area (Å²) in [5, 5.41) is 0. The molecule has 1 unspecified atom stereocenters. The fourth-order valence-electron chi connectivity index (χ4n) is 0. The predicted molar refractivity (Wildman–Crippen MR) is 27.1 cm³/mol. The van der Waals surface area contributed by atoms with Crippen molar-refractivity contribution in [3.8, 4) is 0 Å². The monoisotopic (exact) mass is 112 g/mol. The Hall–Kier alpha value is 0.630. The van der Waals surface area contributed by atoms with Gasteiger partial charge in [0.15, 0.2) is 0 Å². The summed E-state index contributed by atoms with van der Waals surface area (Å²) in [4.78, 5) is 0. The summed E-state index contributed by atoms with van der Waals surface area (Å²) in [5.74, 6) is 0. The highest BCUT2D eigenvalue weighted by Crippen LogP contribution is 2.12. The van der Waals surface area contributed by atoms with Crippen molar-refractivity contribution in [1.29, 1.82) is 0 Å². The highest BCUT2D eigenvalue weighted by atomic mass is 32.2. The van der Waals surface area contributed by atoms with Crippen molar-refractivity contribution >= 4 is 24.8 Å². The van der Waals surface area contributed by atoms with E-state index in [1.165, 1.54) is 0 Å². The quantitative estimate of drug-likeness (QED) is 0.399. The van der Waals surface area contributed by atoms with Crippen molar-refractivity contribution in [2.75, 3.05) is 0 Å². The molecule has 0 spiro atoms.